The summed E-state index contributed by atoms with van der Waals surface area (Å²) >= 11 is 0. The Kier molecular flexibility index (Phi) is 17.5. The number of carbonyl (C=O) groups excluding carboxylic acids is 4. The summed E-state index contributed by atoms with van der Waals surface area (Å²) < 4.78 is 17.4. The number of nitro groups is 1. The van der Waals surface area contributed by atoms with Gasteiger partial charge >= 0.3 is 5.97 Å². The molecule has 61 heavy (non-hydrogen) atoms. The van der Waals surface area contributed by atoms with Crippen molar-refractivity contribution < 1.29 is 58.5 Å². The van der Waals surface area contributed by atoms with Gasteiger partial charge < -0.3 is 56.5 Å². The molecule has 2 aliphatic rings. The first-order chi connectivity index (χ1) is 29.1. The molecule has 4 amide bonds. The Morgan fingerprint density at radius 3 is 2.07 bits per heavy atom. The molecule has 8 unspecified atom stereocenters. The third-order valence-electron chi connectivity index (χ3n) is 9.88. The number of anilines is 2. The Bertz CT molecular complexity index is 1940. The third kappa shape index (κ3) is 12.9. The van der Waals surface area contributed by atoms with Gasteiger partial charge in [0.25, 0.3) is 0 Å². The van der Waals surface area contributed by atoms with E-state index in [1.54, 1.807) is 6.92 Å². The van der Waals surface area contributed by atoms with Gasteiger partial charge in [0.2, 0.25) is 23.6 Å². The second-order valence-corrected chi connectivity index (χ2v) is 14.3. The number of benzene rings is 3. The van der Waals surface area contributed by atoms with Gasteiger partial charge in [0, 0.05) is 35.8 Å². The molecule has 9 N–H and O–H groups in total. The molecule has 5 rings (SSSR count). The third-order valence-corrected chi connectivity index (χ3v) is 9.88. The summed E-state index contributed by atoms with van der Waals surface area (Å²) in [7, 11) is 0. The molecule has 3 aromatic rings. The van der Waals surface area contributed by atoms with E-state index in [0.29, 0.717) is 6.54 Å². The number of fused-ring (bicyclic) bond motifs is 2. The van der Waals surface area contributed by atoms with Crippen molar-refractivity contribution in [1.82, 2.24) is 21.0 Å². The number of hydrogen-bond donors (Lipinski definition) is 8. The summed E-state index contributed by atoms with van der Waals surface area (Å²) in [5.41, 5.74) is 9.75. The van der Waals surface area contributed by atoms with E-state index in [1.165, 1.54) is 25.8 Å². The molecule has 0 aliphatic carbocycles. The number of carbonyl (C=O) groups is 5. The molecule has 0 aromatic heterocycles. The number of aliphatic hydroxyl groups excluding tert-OH is 2. The molecule has 0 saturated carbocycles. The topological polar surface area (TPSA) is 294 Å². The maximum absolute atomic E-state index is 12.9. The number of nitrogens with one attached hydrogen (secondary N) is 4. The highest BCUT2D eigenvalue weighted by Gasteiger charge is 2.48. The summed E-state index contributed by atoms with van der Waals surface area (Å²) in [5.74, 6) is -4.19. The van der Waals surface area contributed by atoms with Gasteiger partial charge in [-0.1, -0.05) is 66.7 Å². The number of amides is 4. The average Bonchev–Trinajstić information content (AvgIpc) is 3.23. The molecule has 0 bridgehead atoms. The van der Waals surface area contributed by atoms with Crippen LogP contribution in [0.4, 0.5) is 11.4 Å². The SMILES string of the molecule is CC(=O)NC1C(OCc2ccccc2)OC(CO)C(O)C1OC(C)C(=O)NC(C)C(=O)NC(CCC(=O)O)C(N)=O.CCN(C1c2ccccc2Nc2ccccc21)[N+](=O)[O-]. The minimum absolute atomic E-state index is 0.0734. The number of aliphatic carboxylic acids is 1. The van der Waals surface area contributed by atoms with Gasteiger partial charge in [-0.25, -0.2) is 10.1 Å². The first-order valence-corrected chi connectivity index (χ1v) is 19.6. The van der Waals surface area contributed by atoms with Crippen molar-refractivity contribution in [3.8, 4) is 0 Å². The van der Waals surface area contributed by atoms with Gasteiger partial charge in [0.05, 0.1) is 19.8 Å². The molecule has 20 nitrogen and oxygen atoms in total. The fraction of sp³-hybridized carbons (Fsp3) is 0.439. The lowest BCUT2D eigenvalue weighted by Crippen LogP contribution is -2.66. The monoisotopic (exact) mass is 851 g/mol. The van der Waals surface area contributed by atoms with E-state index in [-0.39, 0.29) is 24.1 Å². The number of hydrazine groups is 1. The van der Waals surface area contributed by atoms with Crippen molar-refractivity contribution in [2.45, 2.75) is 102 Å². The van der Waals surface area contributed by atoms with Gasteiger partial charge in [-0.2, -0.15) is 0 Å². The zero-order chi connectivity index (χ0) is 44.8. The van der Waals surface area contributed by atoms with Crippen LogP contribution in [0.15, 0.2) is 78.9 Å². The first kappa shape index (κ1) is 47.5. The number of rotatable bonds is 18. The van der Waals surface area contributed by atoms with E-state index >= 15 is 0 Å². The minimum Gasteiger partial charge on any atom is -0.481 e. The van der Waals surface area contributed by atoms with Crippen LogP contribution in [0.25, 0.3) is 0 Å². The van der Waals surface area contributed by atoms with Crippen LogP contribution in [-0.2, 0) is 44.8 Å². The molecule has 2 heterocycles. The number of ether oxygens (including phenoxy) is 3. The lowest BCUT2D eigenvalue weighted by Gasteiger charge is -2.44. The predicted molar refractivity (Wildman–Crippen MR) is 218 cm³/mol. The van der Waals surface area contributed by atoms with Crippen molar-refractivity contribution in [3.05, 3.63) is 106 Å². The van der Waals surface area contributed by atoms with Crippen molar-refractivity contribution >= 4 is 41.0 Å². The Morgan fingerprint density at radius 1 is 0.951 bits per heavy atom. The van der Waals surface area contributed by atoms with E-state index in [2.05, 4.69) is 21.3 Å². The minimum atomic E-state index is -1.48. The molecule has 8 atom stereocenters. The Morgan fingerprint density at radius 2 is 1.54 bits per heavy atom. The van der Waals surface area contributed by atoms with Crippen LogP contribution < -0.4 is 27.0 Å². The maximum atomic E-state index is 12.9. The summed E-state index contributed by atoms with van der Waals surface area (Å²) in [4.78, 5) is 71.1. The van der Waals surface area contributed by atoms with Crippen molar-refractivity contribution in [1.29, 1.82) is 0 Å². The quantitative estimate of drug-likeness (QED) is 0.0660. The highest BCUT2D eigenvalue weighted by Crippen LogP contribution is 2.42. The predicted octanol–water partition coefficient (Wildman–Crippen LogP) is 1.25. The second-order valence-electron chi connectivity index (χ2n) is 14.3. The maximum Gasteiger partial charge on any atom is 0.303 e. The van der Waals surface area contributed by atoms with Gasteiger partial charge in [-0.05, 0) is 44.9 Å². The zero-order valence-corrected chi connectivity index (χ0v) is 34.1. The Hall–Kier alpha value is -6.19. The number of para-hydroxylation sites is 2. The number of nitrogens with two attached hydrogens (primary N) is 1. The zero-order valence-electron chi connectivity index (χ0n) is 34.1. The van der Waals surface area contributed by atoms with Crippen molar-refractivity contribution in [2.75, 3.05) is 18.5 Å². The number of nitrogens with zero attached hydrogens (tertiary/aromatic N) is 2. The summed E-state index contributed by atoms with van der Waals surface area (Å²) in [5, 5.41) is 52.4. The van der Waals surface area contributed by atoms with Crippen LogP contribution in [0, 0.1) is 10.1 Å². The average molecular weight is 852 g/mol. The van der Waals surface area contributed by atoms with Gasteiger partial charge in [0.1, 0.15) is 48.6 Å². The number of carboxylic acids is 1. The molecular formula is C41H53N7O13. The summed E-state index contributed by atoms with van der Waals surface area (Å²) in [6, 6.07) is 20.6. The van der Waals surface area contributed by atoms with Crippen LogP contribution >= 0.6 is 0 Å². The fourth-order valence-corrected chi connectivity index (χ4v) is 6.78. The Balaban J connectivity index is 0.000000337. The molecule has 1 saturated heterocycles. The molecule has 20 heteroatoms. The first-order valence-electron chi connectivity index (χ1n) is 19.6. The smallest absolute Gasteiger partial charge is 0.303 e. The Labute approximate surface area is 351 Å². The number of aliphatic hydroxyl groups is 2. The second kappa shape index (κ2) is 22.4. The van der Waals surface area contributed by atoms with Crippen LogP contribution in [0.1, 0.15) is 63.3 Å². The standard InChI is InChI=1S/C26H38N4O11.C15H15N3O2/c1-13(24(37)30-17(23(27)36)9-10-19(33)34)28-25(38)14(2)40-22-20(29-15(3)32)26(41-18(11-31)21(22)35)39-12-16-7-5-4-6-8-16;1-2-17(18(19)20)15-11-7-3-5-9-13(11)16-14-10-6-4-8-12(14)15/h4-8,13-14,17-18,20-22,26,31,35H,9-12H2,1-3H3,(H2,27,36)(H,28,38)(H,29,32)(H,30,37)(H,33,34);3-10,15-16H,2H2,1H3. The number of hydrogen-bond acceptors (Lipinski definition) is 13. The molecule has 1 fully saturated rings. The van der Waals surface area contributed by atoms with Gasteiger partial charge in [-0.15, -0.1) is 5.01 Å². The normalized spacial score (nSPS) is 20.7. The number of carboxylic acid groups (broad SMARTS) is 1. The number of primary amides is 1. The van der Waals surface area contributed by atoms with Crippen LogP contribution in [0.2, 0.25) is 0 Å². The lowest BCUT2D eigenvalue weighted by molar-refractivity contribution is -0.663. The highest BCUT2D eigenvalue weighted by atomic mass is 16.7. The molecule has 330 valence electrons. The molecule has 0 spiro atoms. The van der Waals surface area contributed by atoms with Crippen LogP contribution in [0.5, 0.6) is 0 Å². The van der Waals surface area contributed by atoms with E-state index in [1.807, 2.05) is 78.9 Å². The molecule has 3 aromatic carbocycles. The summed E-state index contributed by atoms with van der Waals surface area (Å²) in [6.45, 7) is 5.52. The molecular weight excluding hydrogens is 798 g/mol. The lowest BCUT2D eigenvalue weighted by atomic mass is 9.91. The molecule has 2 aliphatic heterocycles. The van der Waals surface area contributed by atoms with Gasteiger partial charge in [-0.3, -0.25) is 24.0 Å². The van der Waals surface area contributed by atoms with Gasteiger partial charge in [0.15, 0.2) is 11.3 Å². The van der Waals surface area contributed by atoms with E-state index < -0.39 is 91.5 Å². The molecule has 0 radical (unpaired) electrons. The fourth-order valence-electron chi connectivity index (χ4n) is 6.78. The summed E-state index contributed by atoms with van der Waals surface area (Å²) in [6.07, 6.45) is -7.01. The highest BCUT2D eigenvalue weighted by molar-refractivity contribution is 5.92. The van der Waals surface area contributed by atoms with Crippen LogP contribution in [-0.4, -0.2) is 117 Å². The van der Waals surface area contributed by atoms with Crippen LogP contribution in [0.3, 0.4) is 0 Å². The van der Waals surface area contributed by atoms with Crippen molar-refractivity contribution in [3.63, 3.8) is 0 Å². The van der Waals surface area contributed by atoms with E-state index in [0.717, 1.165) is 28.1 Å². The van der Waals surface area contributed by atoms with E-state index in [4.69, 9.17) is 25.1 Å². The largest absolute Gasteiger partial charge is 0.481 e. The van der Waals surface area contributed by atoms with Crippen molar-refractivity contribution in [2.24, 2.45) is 5.73 Å². The van der Waals surface area contributed by atoms with E-state index in [9.17, 15) is 44.3 Å².